The molecule has 112 valence electrons. The molecule has 0 amide bonds. The lowest BCUT2D eigenvalue weighted by Gasteiger charge is -2.14. The summed E-state index contributed by atoms with van der Waals surface area (Å²) in [4.78, 5) is 0. The molecule has 0 spiro atoms. The summed E-state index contributed by atoms with van der Waals surface area (Å²) in [7, 11) is 1.66. The fourth-order valence-corrected chi connectivity index (χ4v) is 1.81. The molecule has 0 aliphatic heterocycles. The monoisotopic (exact) mass is 280 g/mol. The van der Waals surface area contributed by atoms with Gasteiger partial charge in [0, 0.05) is 25.7 Å². The van der Waals surface area contributed by atoms with Gasteiger partial charge in [-0.15, -0.1) is 0 Å². The van der Waals surface area contributed by atoms with E-state index in [1.807, 2.05) is 6.07 Å². The minimum atomic E-state index is -0.221. The third-order valence-electron chi connectivity index (χ3n) is 3.35. The van der Waals surface area contributed by atoms with Crippen molar-refractivity contribution in [3.8, 4) is 5.75 Å². The van der Waals surface area contributed by atoms with Gasteiger partial charge in [-0.2, -0.15) is 0 Å². The lowest BCUT2D eigenvalue weighted by Crippen LogP contribution is -2.05. The second-order valence-corrected chi connectivity index (χ2v) is 5.39. The van der Waals surface area contributed by atoms with Gasteiger partial charge in [0.2, 0.25) is 0 Å². The van der Waals surface area contributed by atoms with E-state index in [4.69, 9.17) is 9.47 Å². The van der Waals surface area contributed by atoms with Crippen LogP contribution < -0.4 is 4.74 Å². The highest BCUT2D eigenvalue weighted by Gasteiger charge is 2.10. The predicted molar refractivity (Wildman–Crippen MR) is 80.8 cm³/mol. The van der Waals surface area contributed by atoms with Gasteiger partial charge in [-0.05, 0) is 37.0 Å². The first-order valence-electron chi connectivity index (χ1n) is 7.04. The zero-order chi connectivity index (χ0) is 15.1. The zero-order valence-corrected chi connectivity index (χ0v) is 13.0. The molecular weight excluding hydrogens is 255 g/mol. The summed E-state index contributed by atoms with van der Waals surface area (Å²) in [5, 5.41) is 0. The molecule has 20 heavy (non-hydrogen) atoms. The van der Waals surface area contributed by atoms with Crippen molar-refractivity contribution in [2.24, 2.45) is 5.92 Å². The number of hydrogen-bond acceptors (Lipinski definition) is 2. The van der Waals surface area contributed by atoms with E-state index in [1.54, 1.807) is 20.1 Å². The van der Waals surface area contributed by atoms with Crippen LogP contribution >= 0.6 is 0 Å². The third kappa shape index (κ3) is 4.97. The van der Waals surface area contributed by atoms with Gasteiger partial charge in [0.15, 0.2) is 0 Å². The summed E-state index contributed by atoms with van der Waals surface area (Å²) < 4.78 is 24.6. The van der Waals surface area contributed by atoms with Crippen LogP contribution in [0.2, 0.25) is 0 Å². The SMILES string of the molecule is C=C(Cc1cc(F)c(C)c(OCCCOC)c1)C(C)C. The molecule has 1 rings (SSSR count). The van der Waals surface area contributed by atoms with E-state index in [-0.39, 0.29) is 5.82 Å². The molecule has 0 saturated carbocycles. The van der Waals surface area contributed by atoms with E-state index in [0.29, 0.717) is 36.9 Å². The van der Waals surface area contributed by atoms with Crippen molar-refractivity contribution in [2.75, 3.05) is 20.3 Å². The first-order chi connectivity index (χ1) is 9.45. The standard InChI is InChI=1S/C17H25FO2/c1-12(2)13(3)9-15-10-16(18)14(4)17(11-15)20-8-6-7-19-5/h10-12H,3,6-9H2,1-2,4-5H3. The van der Waals surface area contributed by atoms with Gasteiger partial charge in [0.25, 0.3) is 0 Å². The molecule has 1 aromatic rings. The average Bonchev–Trinajstić information content (AvgIpc) is 2.39. The number of halogens is 1. The van der Waals surface area contributed by atoms with Gasteiger partial charge in [0.1, 0.15) is 11.6 Å². The largest absolute Gasteiger partial charge is 0.493 e. The van der Waals surface area contributed by atoms with Crippen molar-refractivity contribution in [3.05, 3.63) is 41.2 Å². The summed E-state index contributed by atoms with van der Waals surface area (Å²) in [5.41, 5.74) is 2.56. The van der Waals surface area contributed by atoms with Gasteiger partial charge in [0.05, 0.1) is 6.61 Å². The molecule has 0 radical (unpaired) electrons. The van der Waals surface area contributed by atoms with Crippen LogP contribution in [-0.2, 0) is 11.2 Å². The summed E-state index contributed by atoms with van der Waals surface area (Å²) in [6, 6.07) is 3.49. The Morgan fingerprint density at radius 1 is 1.30 bits per heavy atom. The van der Waals surface area contributed by atoms with Crippen molar-refractivity contribution in [1.29, 1.82) is 0 Å². The van der Waals surface area contributed by atoms with Crippen molar-refractivity contribution in [2.45, 2.75) is 33.6 Å². The van der Waals surface area contributed by atoms with E-state index < -0.39 is 0 Å². The number of hydrogen-bond donors (Lipinski definition) is 0. The van der Waals surface area contributed by atoms with E-state index in [9.17, 15) is 4.39 Å². The number of benzene rings is 1. The van der Waals surface area contributed by atoms with Gasteiger partial charge in [-0.3, -0.25) is 0 Å². The van der Waals surface area contributed by atoms with E-state index in [1.165, 1.54) is 0 Å². The molecule has 0 bridgehead atoms. The van der Waals surface area contributed by atoms with Gasteiger partial charge < -0.3 is 9.47 Å². The fourth-order valence-electron chi connectivity index (χ4n) is 1.81. The highest BCUT2D eigenvalue weighted by molar-refractivity contribution is 5.39. The molecule has 0 heterocycles. The Hall–Kier alpha value is -1.35. The van der Waals surface area contributed by atoms with Crippen LogP contribution in [0, 0.1) is 18.7 Å². The maximum absolute atomic E-state index is 13.9. The first kappa shape index (κ1) is 16.7. The van der Waals surface area contributed by atoms with Gasteiger partial charge in [-0.1, -0.05) is 26.0 Å². The number of rotatable bonds is 8. The van der Waals surface area contributed by atoms with Crippen LogP contribution in [0.3, 0.4) is 0 Å². The minimum Gasteiger partial charge on any atom is -0.493 e. The normalized spacial score (nSPS) is 10.9. The van der Waals surface area contributed by atoms with Crippen LogP contribution in [0.5, 0.6) is 5.75 Å². The second-order valence-electron chi connectivity index (χ2n) is 5.39. The van der Waals surface area contributed by atoms with Gasteiger partial charge in [-0.25, -0.2) is 4.39 Å². The molecule has 0 aliphatic rings. The average molecular weight is 280 g/mol. The van der Waals surface area contributed by atoms with Gasteiger partial charge >= 0.3 is 0 Å². The maximum atomic E-state index is 13.9. The molecule has 0 fully saturated rings. The van der Waals surface area contributed by atoms with Crippen LogP contribution in [0.25, 0.3) is 0 Å². The Morgan fingerprint density at radius 2 is 2.00 bits per heavy atom. The molecule has 0 atom stereocenters. The van der Waals surface area contributed by atoms with Crippen molar-refractivity contribution in [1.82, 2.24) is 0 Å². The van der Waals surface area contributed by atoms with Crippen LogP contribution in [-0.4, -0.2) is 20.3 Å². The Morgan fingerprint density at radius 3 is 2.60 bits per heavy atom. The van der Waals surface area contributed by atoms with Crippen LogP contribution in [0.4, 0.5) is 4.39 Å². The summed E-state index contributed by atoms with van der Waals surface area (Å²) >= 11 is 0. The highest BCUT2D eigenvalue weighted by Crippen LogP contribution is 2.25. The van der Waals surface area contributed by atoms with Crippen LogP contribution in [0.15, 0.2) is 24.3 Å². The van der Waals surface area contributed by atoms with Crippen LogP contribution in [0.1, 0.15) is 31.4 Å². The smallest absolute Gasteiger partial charge is 0.130 e. The first-order valence-corrected chi connectivity index (χ1v) is 7.04. The molecule has 2 nitrogen and oxygen atoms in total. The maximum Gasteiger partial charge on any atom is 0.130 e. The molecular formula is C17H25FO2. The second kappa shape index (κ2) is 8.05. The van der Waals surface area contributed by atoms with Crippen molar-refractivity contribution >= 4 is 0 Å². The number of methoxy groups -OCH3 is 1. The van der Waals surface area contributed by atoms with E-state index in [2.05, 4.69) is 20.4 Å². The lowest BCUT2D eigenvalue weighted by atomic mass is 9.96. The summed E-state index contributed by atoms with van der Waals surface area (Å²) in [6.07, 6.45) is 1.48. The molecule has 3 heteroatoms. The minimum absolute atomic E-state index is 0.221. The van der Waals surface area contributed by atoms with Crippen molar-refractivity contribution in [3.63, 3.8) is 0 Å². The summed E-state index contributed by atoms with van der Waals surface area (Å²) in [6.45, 7) is 11.1. The predicted octanol–water partition coefficient (Wildman–Crippen LogP) is 4.30. The molecule has 0 unspecified atom stereocenters. The number of ether oxygens (including phenoxy) is 2. The Labute approximate surface area is 121 Å². The lowest BCUT2D eigenvalue weighted by molar-refractivity contribution is 0.171. The quantitative estimate of drug-likeness (QED) is 0.522. The Kier molecular flexibility index (Phi) is 6.73. The number of allylic oxidation sites excluding steroid dienone is 1. The molecule has 0 aromatic heterocycles. The Bertz CT molecular complexity index is 453. The summed E-state index contributed by atoms with van der Waals surface area (Å²) in [5.74, 6) is 0.791. The van der Waals surface area contributed by atoms with E-state index >= 15 is 0 Å². The molecule has 0 aliphatic carbocycles. The zero-order valence-electron chi connectivity index (χ0n) is 13.0. The molecule has 0 saturated heterocycles. The topological polar surface area (TPSA) is 18.5 Å². The highest BCUT2D eigenvalue weighted by atomic mass is 19.1. The fraction of sp³-hybridized carbons (Fsp3) is 0.529. The van der Waals surface area contributed by atoms with Crippen molar-refractivity contribution < 1.29 is 13.9 Å². The molecule has 0 N–H and O–H groups in total. The third-order valence-corrected chi connectivity index (χ3v) is 3.35. The van der Waals surface area contributed by atoms with E-state index in [0.717, 1.165) is 17.6 Å². The Balaban J connectivity index is 2.78. The molecule has 1 aromatic carbocycles.